The van der Waals surface area contributed by atoms with E-state index < -0.39 is 0 Å². The van der Waals surface area contributed by atoms with Crippen molar-refractivity contribution in [2.24, 2.45) is 11.1 Å². The highest BCUT2D eigenvalue weighted by molar-refractivity contribution is 7.81. The molecule has 5 rings (SSSR count). The molecule has 0 radical (unpaired) electrons. The number of aryl methyl sites for hydroxylation is 1. The topological polar surface area (TPSA) is 74.0 Å². The molecule has 8 nitrogen and oxygen atoms in total. The van der Waals surface area contributed by atoms with Gasteiger partial charge in [-0.25, -0.2) is 9.97 Å². The average molecular weight is 514 g/mol. The zero-order valence-corrected chi connectivity index (χ0v) is 21.6. The standard InChI is InChI=1S/C25H28ClN5O3S/c1-14-11-30(13-27-14)19-10-9-18(28-25(19)33-4)24-29-34-22(16-5-7-17(26)8-6-16)21-23(35)15(2)20(32-3)12-31(21)24/h5-11,13,15,20-23,35H,12H2,1-4H3/t15?,20-,21+,22+,23+/m0/s1. The van der Waals surface area contributed by atoms with Crippen LogP contribution in [0.5, 0.6) is 5.88 Å². The van der Waals surface area contributed by atoms with Crippen molar-refractivity contribution in [1.82, 2.24) is 19.4 Å². The van der Waals surface area contributed by atoms with Crippen molar-refractivity contribution in [3.63, 3.8) is 0 Å². The first-order valence-corrected chi connectivity index (χ1v) is 12.3. The quantitative estimate of drug-likeness (QED) is 0.513. The lowest BCUT2D eigenvalue weighted by Crippen LogP contribution is -2.62. The Hall–Kier alpha value is -2.75. The summed E-state index contributed by atoms with van der Waals surface area (Å²) in [6, 6.07) is 11.5. The van der Waals surface area contributed by atoms with Crippen molar-refractivity contribution in [2.45, 2.75) is 37.3 Å². The summed E-state index contributed by atoms with van der Waals surface area (Å²) in [5, 5.41) is 5.20. The number of piperidine rings is 1. The third-order valence-electron chi connectivity index (χ3n) is 6.80. The van der Waals surface area contributed by atoms with Crippen molar-refractivity contribution < 1.29 is 14.3 Å². The lowest BCUT2D eigenvalue weighted by Gasteiger charge is -2.51. The SMILES string of the molecule is COc1nc(C2=NO[C@H](c3ccc(Cl)cc3)[C@@H]3[C@H](S)C(C)[C@@H](OC)CN23)ccc1-n1cnc(C)c1. The molecule has 0 aliphatic carbocycles. The summed E-state index contributed by atoms with van der Waals surface area (Å²) in [7, 11) is 3.34. The van der Waals surface area contributed by atoms with Crippen molar-refractivity contribution in [3.8, 4) is 11.6 Å². The summed E-state index contributed by atoms with van der Waals surface area (Å²) in [4.78, 5) is 17.4. The molecule has 1 unspecified atom stereocenters. The van der Waals surface area contributed by atoms with E-state index in [1.807, 2.05) is 54.1 Å². The lowest BCUT2D eigenvalue weighted by atomic mass is 9.84. The van der Waals surface area contributed by atoms with Gasteiger partial charge in [-0.2, -0.15) is 12.6 Å². The Morgan fingerprint density at radius 2 is 1.91 bits per heavy atom. The number of hydrogen-bond donors (Lipinski definition) is 1. The van der Waals surface area contributed by atoms with Gasteiger partial charge in [0.2, 0.25) is 5.88 Å². The van der Waals surface area contributed by atoms with Crippen molar-refractivity contribution in [1.29, 1.82) is 0 Å². The molecule has 0 saturated carbocycles. The first-order valence-electron chi connectivity index (χ1n) is 11.4. The number of hydrogen-bond acceptors (Lipinski definition) is 8. The Bertz CT molecular complexity index is 1230. The van der Waals surface area contributed by atoms with Crippen LogP contribution in [0.15, 0.2) is 54.1 Å². The van der Waals surface area contributed by atoms with E-state index in [4.69, 9.17) is 43.5 Å². The molecule has 35 heavy (non-hydrogen) atoms. The fraction of sp³-hybridized carbons (Fsp3) is 0.400. The molecule has 10 heteroatoms. The summed E-state index contributed by atoms with van der Waals surface area (Å²) in [6.07, 6.45) is 3.34. The number of fused-ring (bicyclic) bond motifs is 1. The van der Waals surface area contributed by atoms with Gasteiger partial charge in [0.1, 0.15) is 11.4 Å². The monoisotopic (exact) mass is 513 g/mol. The third-order valence-corrected chi connectivity index (χ3v) is 7.83. The first kappa shape index (κ1) is 24.0. The lowest BCUT2D eigenvalue weighted by molar-refractivity contribution is -0.0738. The number of oxime groups is 1. The van der Waals surface area contributed by atoms with Crippen molar-refractivity contribution in [2.75, 3.05) is 20.8 Å². The first-order chi connectivity index (χ1) is 16.9. The molecule has 0 amide bonds. The fourth-order valence-electron chi connectivity index (χ4n) is 4.84. The maximum atomic E-state index is 6.14. The Morgan fingerprint density at radius 3 is 2.57 bits per heavy atom. The molecular formula is C25H28ClN5O3S. The highest BCUT2D eigenvalue weighted by Crippen LogP contribution is 2.41. The number of amidine groups is 1. The van der Waals surface area contributed by atoms with E-state index in [2.05, 4.69) is 22.0 Å². The summed E-state index contributed by atoms with van der Waals surface area (Å²) >= 11 is 11.2. The third kappa shape index (κ3) is 4.37. The maximum absolute atomic E-state index is 6.14. The molecule has 1 saturated heterocycles. The molecule has 2 aliphatic heterocycles. The van der Waals surface area contributed by atoms with Gasteiger partial charge in [-0.3, -0.25) is 0 Å². The van der Waals surface area contributed by atoms with E-state index in [1.54, 1.807) is 20.5 Å². The summed E-state index contributed by atoms with van der Waals surface area (Å²) < 4.78 is 13.3. The van der Waals surface area contributed by atoms with Gasteiger partial charge in [-0.15, -0.1) is 0 Å². The van der Waals surface area contributed by atoms with Crippen LogP contribution in [0.2, 0.25) is 5.02 Å². The number of aromatic nitrogens is 3. The smallest absolute Gasteiger partial charge is 0.238 e. The van der Waals surface area contributed by atoms with E-state index in [9.17, 15) is 0 Å². The van der Waals surface area contributed by atoms with Crippen LogP contribution in [0.4, 0.5) is 0 Å². The molecule has 1 fully saturated rings. The van der Waals surface area contributed by atoms with Gasteiger partial charge >= 0.3 is 0 Å². The van der Waals surface area contributed by atoms with Gasteiger partial charge in [0, 0.05) is 30.1 Å². The van der Waals surface area contributed by atoms with Gasteiger partial charge in [-0.1, -0.05) is 35.8 Å². The van der Waals surface area contributed by atoms with Crippen LogP contribution in [0.1, 0.15) is 30.0 Å². The van der Waals surface area contributed by atoms with Crippen LogP contribution in [0.25, 0.3) is 5.69 Å². The Labute approximate surface area is 215 Å². The minimum atomic E-state index is -0.311. The second-order valence-corrected chi connectivity index (χ2v) is 9.94. The molecule has 0 spiro atoms. The minimum absolute atomic E-state index is 0.0157. The Morgan fingerprint density at radius 1 is 1.14 bits per heavy atom. The maximum Gasteiger partial charge on any atom is 0.238 e. The number of nitrogens with zero attached hydrogens (tertiary/aromatic N) is 5. The molecule has 1 aromatic carbocycles. The van der Waals surface area contributed by atoms with Gasteiger partial charge in [0.05, 0.1) is 31.3 Å². The number of thiol groups is 1. The highest BCUT2D eigenvalue weighted by atomic mass is 35.5. The molecule has 3 aromatic rings. The van der Waals surface area contributed by atoms with Gasteiger partial charge in [0.25, 0.3) is 0 Å². The zero-order chi connectivity index (χ0) is 24.7. The molecule has 184 valence electrons. The van der Waals surface area contributed by atoms with Crippen LogP contribution in [-0.2, 0) is 9.57 Å². The second-order valence-electron chi connectivity index (χ2n) is 8.91. The van der Waals surface area contributed by atoms with Crippen LogP contribution in [0, 0.1) is 12.8 Å². The van der Waals surface area contributed by atoms with Gasteiger partial charge in [-0.05, 0) is 42.7 Å². The normalized spacial score (nSPS) is 26.1. The minimum Gasteiger partial charge on any atom is -0.479 e. The number of rotatable bonds is 5. The summed E-state index contributed by atoms with van der Waals surface area (Å²) in [5.74, 6) is 1.30. The Kier molecular flexibility index (Phi) is 6.65. The molecule has 4 heterocycles. The molecule has 2 aromatic heterocycles. The van der Waals surface area contributed by atoms with E-state index in [0.717, 1.165) is 16.9 Å². The van der Waals surface area contributed by atoms with Crippen LogP contribution >= 0.6 is 24.2 Å². The fourth-order valence-corrected chi connectivity index (χ4v) is 5.48. The predicted octanol–water partition coefficient (Wildman–Crippen LogP) is 4.30. The van der Waals surface area contributed by atoms with E-state index in [-0.39, 0.29) is 29.4 Å². The summed E-state index contributed by atoms with van der Waals surface area (Å²) in [5.41, 5.74) is 3.33. The van der Waals surface area contributed by atoms with Gasteiger partial charge in [0.15, 0.2) is 11.9 Å². The predicted molar refractivity (Wildman–Crippen MR) is 138 cm³/mol. The van der Waals surface area contributed by atoms with Crippen LogP contribution in [-0.4, -0.2) is 63.4 Å². The van der Waals surface area contributed by atoms with Crippen molar-refractivity contribution in [3.05, 3.63) is 70.9 Å². The van der Waals surface area contributed by atoms with E-state index >= 15 is 0 Å². The number of benzene rings is 1. The summed E-state index contributed by atoms with van der Waals surface area (Å²) in [6.45, 7) is 4.74. The van der Waals surface area contributed by atoms with Crippen LogP contribution in [0.3, 0.4) is 0 Å². The number of imidazole rings is 1. The molecule has 0 bridgehead atoms. The zero-order valence-electron chi connectivity index (χ0n) is 20.0. The molecule has 2 aliphatic rings. The highest BCUT2D eigenvalue weighted by Gasteiger charge is 2.49. The Balaban J connectivity index is 1.56. The second kappa shape index (κ2) is 9.72. The number of halogens is 1. The van der Waals surface area contributed by atoms with Crippen LogP contribution < -0.4 is 4.74 Å². The van der Waals surface area contributed by atoms with Gasteiger partial charge < -0.3 is 23.8 Å². The number of pyridine rings is 1. The van der Waals surface area contributed by atoms with Crippen molar-refractivity contribution >= 4 is 30.1 Å². The number of methoxy groups -OCH3 is 2. The molecule has 0 N–H and O–H groups in total. The van der Waals surface area contributed by atoms with E-state index in [1.165, 1.54) is 0 Å². The average Bonchev–Trinajstić information content (AvgIpc) is 3.31. The molecule has 5 atom stereocenters. The largest absolute Gasteiger partial charge is 0.479 e. The van der Waals surface area contributed by atoms with E-state index in [0.29, 0.717) is 29.0 Å². The number of ether oxygens (including phenoxy) is 2. The molecular weight excluding hydrogens is 486 g/mol.